The number of carbonyl (C=O) groups is 1. The zero-order chi connectivity index (χ0) is 21.4. The zero-order valence-corrected chi connectivity index (χ0v) is 16.3. The first-order valence-corrected chi connectivity index (χ1v) is 8.72. The Morgan fingerprint density at radius 3 is 2.38 bits per heavy atom. The first-order chi connectivity index (χ1) is 13.7. The first kappa shape index (κ1) is 22.1. The molecule has 0 N–H and O–H groups in total. The van der Waals surface area contributed by atoms with Gasteiger partial charge in [0, 0.05) is 25.2 Å². The van der Waals surface area contributed by atoms with Gasteiger partial charge in [-0.1, -0.05) is 24.3 Å². The van der Waals surface area contributed by atoms with Crippen LogP contribution in [0.1, 0.15) is 11.1 Å². The van der Waals surface area contributed by atoms with Crippen LogP contribution in [0.2, 0.25) is 0 Å². The van der Waals surface area contributed by atoms with Crippen molar-refractivity contribution < 1.29 is 32.2 Å². The Labute approximate surface area is 167 Å². The summed E-state index contributed by atoms with van der Waals surface area (Å²) < 4.78 is 51.8. The van der Waals surface area contributed by atoms with Gasteiger partial charge in [-0.25, -0.2) is 0 Å². The van der Waals surface area contributed by atoms with Gasteiger partial charge in [-0.2, -0.15) is 0 Å². The van der Waals surface area contributed by atoms with E-state index in [1.807, 2.05) is 12.1 Å². The second kappa shape index (κ2) is 9.86. The molecule has 0 aromatic heterocycles. The average molecular weight is 409 g/mol. The van der Waals surface area contributed by atoms with Crippen LogP contribution in [-0.2, 0) is 11.2 Å². The summed E-state index contributed by atoms with van der Waals surface area (Å²) in [5.41, 5.74) is 1.11. The highest BCUT2D eigenvalue weighted by atomic mass is 19.4. The van der Waals surface area contributed by atoms with Gasteiger partial charge < -0.3 is 19.1 Å². The summed E-state index contributed by atoms with van der Waals surface area (Å²) in [4.78, 5) is 13.8. The molecule has 2 rings (SSSR count). The lowest BCUT2D eigenvalue weighted by Crippen LogP contribution is -2.27. The fourth-order valence-electron chi connectivity index (χ4n) is 2.57. The van der Waals surface area contributed by atoms with Gasteiger partial charge in [0.1, 0.15) is 5.75 Å². The van der Waals surface area contributed by atoms with E-state index in [0.29, 0.717) is 24.5 Å². The van der Waals surface area contributed by atoms with Crippen molar-refractivity contribution >= 4 is 12.0 Å². The third-order valence-electron chi connectivity index (χ3n) is 4.11. The van der Waals surface area contributed by atoms with Gasteiger partial charge >= 0.3 is 6.36 Å². The largest absolute Gasteiger partial charge is 0.573 e. The second-order valence-electron chi connectivity index (χ2n) is 6.12. The number of likely N-dealkylation sites (N-methyl/N-ethyl adjacent to an activating group) is 1. The van der Waals surface area contributed by atoms with E-state index in [4.69, 9.17) is 9.47 Å². The highest BCUT2D eigenvalue weighted by molar-refractivity contribution is 5.92. The highest BCUT2D eigenvalue weighted by Crippen LogP contribution is 2.28. The van der Waals surface area contributed by atoms with Crippen molar-refractivity contribution in [1.29, 1.82) is 0 Å². The van der Waals surface area contributed by atoms with E-state index in [1.54, 1.807) is 33.4 Å². The second-order valence-corrected chi connectivity index (χ2v) is 6.12. The Hall–Kier alpha value is -3.16. The van der Waals surface area contributed by atoms with E-state index >= 15 is 0 Å². The van der Waals surface area contributed by atoms with Crippen molar-refractivity contribution in [2.75, 3.05) is 27.8 Å². The molecule has 0 fully saturated rings. The number of carbonyl (C=O) groups excluding carboxylic acids is 1. The van der Waals surface area contributed by atoms with Crippen LogP contribution in [0.3, 0.4) is 0 Å². The van der Waals surface area contributed by atoms with Crippen LogP contribution in [0.5, 0.6) is 17.2 Å². The molecule has 0 bridgehead atoms. The summed E-state index contributed by atoms with van der Waals surface area (Å²) in [6.45, 7) is 0.416. The molecule has 0 spiro atoms. The van der Waals surface area contributed by atoms with Crippen LogP contribution < -0.4 is 14.2 Å². The lowest BCUT2D eigenvalue weighted by Gasteiger charge is -2.16. The van der Waals surface area contributed by atoms with Crippen molar-refractivity contribution in [1.82, 2.24) is 4.90 Å². The predicted molar refractivity (Wildman–Crippen MR) is 103 cm³/mol. The number of alkyl halides is 3. The van der Waals surface area contributed by atoms with Crippen LogP contribution in [0, 0.1) is 0 Å². The quantitative estimate of drug-likeness (QED) is 0.610. The molecule has 2 aromatic carbocycles. The number of amides is 1. The van der Waals surface area contributed by atoms with E-state index < -0.39 is 6.36 Å². The molecule has 0 aliphatic heterocycles. The van der Waals surface area contributed by atoms with Gasteiger partial charge in [0.05, 0.1) is 14.2 Å². The number of rotatable bonds is 8. The maximum Gasteiger partial charge on any atom is 0.573 e. The third-order valence-corrected chi connectivity index (χ3v) is 4.11. The Bertz CT molecular complexity index is 865. The number of ether oxygens (including phenoxy) is 3. The molecule has 0 saturated carbocycles. The third kappa shape index (κ3) is 6.74. The lowest BCUT2D eigenvalue weighted by molar-refractivity contribution is -0.274. The van der Waals surface area contributed by atoms with Crippen LogP contribution in [-0.4, -0.2) is 45.0 Å². The number of halogens is 3. The number of hydrogen-bond donors (Lipinski definition) is 0. The molecule has 0 heterocycles. The van der Waals surface area contributed by atoms with E-state index in [2.05, 4.69) is 4.74 Å². The number of methoxy groups -OCH3 is 2. The van der Waals surface area contributed by atoms with Crippen molar-refractivity contribution in [3.05, 3.63) is 59.7 Å². The summed E-state index contributed by atoms with van der Waals surface area (Å²) in [6.07, 6.45) is -1.71. The van der Waals surface area contributed by atoms with Crippen LogP contribution in [0.15, 0.2) is 48.5 Å². The molecular weight excluding hydrogens is 387 g/mol. The summed E-state index contributed by atoms with van der Waals surface area (Å²) in [5.74, 6) is 0.507. The standard InChI is InChI=1S/C21H22F3NO4/c1-25(13-12-15-8-10-18(27-2)19(14-15)28-3)20(26)11-9-16-6-4-5-7-17(16)29-21(22,23)24/h4-11,14H,12-13H2,1-3H3/b11-9+. The Morgan fingerprint density at radius 2 is 1.72 bits per heavy atom. The number of hydrogen-bond acceptors (Lipinski definition) is 4. The molecular formula is C21H22F3NO4. The molecule has 156 valence electrons. The summed E-state index contributed by atoms with van der Waals surface area (Å²) in [5, 5.41) is 0. The van der Waals surface area contributed by atoms with Crippen molar-refractivity contribution in [3.8, 4) is 17.2 Å². The summed E-state index contributed by atoms with van der Waals surface area (Å²) >= 11 is 0. The van der Waals surface area contributed by atoms with Crippen LogP contribution in [0.25, 0.3) is 6.08 Å². The fourth-order valence-corrected chi connectivity index (χ4v) is 2.57. The summed E-state index contributed by atoms with van der Waals surface area (Å²) in [7, 11) is 4.71. The molecule has 2 aromatic rings. The lowest BCUT2D eigenvalue weighted by atomic mass is 10.1. The summed E-state index contributed by atoms with van der Waals surface area (Å²) in [6, 6.07) is 11.1. The molecule has 0 aliphatic carbocycles. The van der Waals surface area contributed by atoms with Crippen LogP contribution >= 0.6 is 0 Å². The fraction of sp³-hybridized carbons (Fsp3) is 0.286. The number of para-hydroxylation sites is 1. The molecule has 0 saturated heterocycles. The van der Waals surface area contributed by atoms with Crippen molar-refractivity contribution in [2.45, 2.75) is 12.8 Å². The van der Waals surface area contributed by atoms with Crippen molar-refractivity contribution in [2.24, 2.45) is 0 Å². The molecule has 0 radical (unpaired) electrons. The van der Waals surface area contributed by atoms with Gasteiger partial charge in [-0.3, -0.25) is 4.79 Å². The Kier molecular flexibility index (Phi) is 7.52. The zero-order valence-electron chi connectivity index (χ0n) is 16.3. The minimum absolute atomic E-state index is 0.159. The van der Waals surface area contributed by atoms with Gasteiger partial charge in [-0.15, -0.1) is 13.2 Å². The SMILES string of the molecule is COc1ccc(CCN(C)C(=O)/C=C/c2ccccc2OC(F)(F)F)cc1OC. The van der Waals surface area contributed by atoms with Crippen molar-refractivity contribution in [3.63, 3.8) is 0 Å². The van der Waals surface area contributed by atoms with E-state index in [1.165, 1.54) is 35.3 Å². The molecule has 1 amide bonds. The maximum absolute atomic E-state index is 12.5. The molecule has 5 nitrogen and oxygen atoms in total. The normalized spacial score (nSPS) is 11.4. The van der Waals surface area contributed by atoms with Gasteiger partial charge in [-0.05, 0) is 36.3 Å². The first-order valence-electron chi connectivity index (χ1n) is 8.72. The van der Waals surface area contributed by atoms with E-state index in [-0.39, 0.29) is 17.2 Å². The van der Waals surface area contributed by atoms with E-state index in [0.717, 1.165) is 5.56 Å². The molecule has 8 heteroatoms. The minimum atomic E-state index is -4.80. The average Bonchev–Trinajstić information content (AvgIpc) is 2.69. The maximum atomic E-state index is 12.5. The topological polar surface area (TPSA) is 48.0 Å². The monoisotopic (exact) mass is 409 g/mol. The molecule has 29 heavy (non-hydrogen) atoms. The van der Waals surface area contributed by atoms with Gasteiger partial charge in [0.2, 0.25) is 5.91 Å². The number of benzene rings is 2. The van der Waals surface area contributed by atoms with Gasteiger partial charge in [0.15, 0.2) is 11.5 Å². The Balaban J connectivity index is 1.99. The highest BCUT2D eigenvalue weighted by Gasteiger charge is 2.31. The molecule has 0 unspecified atom stereocenters. The molecule has 0 atom stereocenters. The molecule has 0 aliphatic rings. The predicted octanol–water partition coefficient (Wildman–Crippen LogP) is 4.32. The number of nitrogens with zero attached hydrogens (tertiary/aromatic N) is 1. The minimum Gasteiger partial charge on any atom is -0.493 e. The van der Waals surface area contributed by atoms with E-state index in [9.17, 15) is 18.0 Å². The Morgan fingerprint density at radius 1 is 1.03 bits per heavy atom. The van der Waals surface area contributed by atoms with Gasteiger partial charge in [0.25, 0.3) is 0 Å². The van der Waals surface area contributed by atoms with Crippen LogP contribution in [0.4, 0.5) is 13.2 Å². The smallest absolute Gasteiger partial charge is 0.493 e.